The summed E-state index contributed by atoms with van der Waals surface area (Å²) in [6, 6.07) is 1.59. The van der Waals surface area contributed by atoms with Crippen LogP contribution in [0.3, 0.4) is 0 Å². The standard InChI is InChI=1S/C15H31N3/c1-4-8-17-9-5-14(6-10-17)18-11-7-16-12-15(18)13(2)3/h13-16H,4-12H2,1-3H3. The molecule has 2 aliphatic rings. The third-order valence-electron chi connectivity index (χ3n) is 4.66. The smallest absolute Gasteiger partial charge is 0.0247 e. The normalized spacial score (nSPS) is 29.0. The van der Waals surface area contributed by atoms with Crippen molar-refractivity contribution < 1.29 is 0 Å². The summed E-state index contributed by atoms with van der Waals surface area (Å²) < 4.78 is 0. The molecule has 0 bridgehead atoms. The number of rotatable bonds is 4. The van der Waals surface area contributed by atoms with Gasteiger partial charge in [0, 0.05) is 31.7 Å². The van der Waals surface area contributed by atoms with Crippen molar-refractivity contribution >= 4 is 0 Å². The van der Waals surface area contributed by atoms with Gasteiger partial charge >= 0.3 is 0 Å². The lowest BCUT2D eigenvalue weighted by Crippen LogP contribution is -2.59. The van der Waals surface area contributed by atoms with E-state index < -0.39 is 0 Å². The molecule has 0 aliphatic carbocycles. The predicted octanol–water partition coefficient (Wildman–Crippen LogP) is 1.79. The molecule has 2 saturated heterocycles. The van der Waals surface area contributed by atoms with E-state index in [9.17, 15) is 0 Å². The molecule has 2 heterocycles. The minimum Gasteiger partial charge on any atom is -0.314 e. The highest BCUT2D eigenvalue weighted by atomic mass is 15.3. The Balaban J connectivity index is 1.87. The number of nitrogens with one attached hydrogen (secondary N) is 1. The fraction of sp³-hybridized carbons (Fsp3) is 1.00. The molecule has 0 aromatic carbocycles. The molecule has 0 radical (unpaired) electrons. The highest BCUT2D eigenvalue weighted by molar-refractivity contribution is 4.89. The number of hydrogen-bond donors (Lipinski definition) is 1. The first-order chi connectivity index (χ1) is 8.72. The topological polar surface area (TPSA) is 18.5 Å². The fourth-order valence-electron chi connectivity index (χ4n) is 3.60. The molecule has 1 unspecified atom stereocenters. The van der Waals surface area contributed by atoms with E-state index in [1.807, 2.05) is 0 Å². The van der Waals surface area contributed by atoms with E-state index in [0.29, 0.717) is 0 Å². The zero-order valence-corrected chi connectivity index (χ0v) is 12.5. The Morgan fingerprint density at radius 2 is 1.89 bits per heavy atom. The van der Waals surface area contributed by atoms with Crippen LogP contribution in [0.15, 0.2) is 0 Å². The van der Waals surface area contributed by atoms with Crippen molar-refractivity contribution in [3.05, 3.63) is 0 Å². The average Bonchev–Trinajstić information content (AvgIpc) is 2.40. The summed E-state index contributed by atoms with van der Waals surface area (Å²) in [5.74, 6) is 0.770. The molecule has 0 amide bonds. The van der Waals surface area contributed by atoms with Crippen LogP contribution < -0.4 is 5.32 Å². The Kier molecular flexibility index (Phi) is 5.46. The van der Waals surface area contributed by atoms with Gasteiger partial charge in [-0.1, -0.05) is 20.8 Å². The number of likely N-dealkylation sites (tertiary alicyclic amines) is 1. The summed E-state index contributed by atoms with van der Waals surface area (Å²) in [6.45, 7) is 14.6. The van der Waals surface area contributed by atoms with Crippen molar-refractivity contribution in [2.24, 2.45) is 5.92 Å². The van der Waals surface area contributed by atoms with E-state index in [1.165, 1.54) is 58.5 Å². The molecule has 0 spiro atoms. The molecule has 3 heteroatoms. The van der Waals surface area contributed by atoms with Gasteiger partial charge in [0.05, 0.1) is 0 Å². The summed E-state index contributed by atoms with van der Waals surface area (Å²) in [5, 5.41) is 3.56. The van der Waals surface area contributed by atoms with Crippen LogP contribution >= 0.6 is 0 Å². The summed E-state index contributed by atoms with van der Waals surface area (Å²) in [7, 11) is 0. The Hall–Kier alpha value is -0.120. The van der Waals surface area contributed by atoms with E-state index in [1.54, 1.807) is 0 Å². The van der Waals surface area contributed by atoms with Gasteiger partial charge in [0.2, 0.25) is 0 Å². The number of hydrogen-bond acceptors (Lipinski definition) is 3. The first-order valence-corrected chi connectivity index (χ1v) is 7.91. The Morgan fingerprint density at radius 3 is 2.50 bits per heavy atom. The second kappa shape index (κ2) is 6.88. The Bertz CT molecular complexity index is 234. The molecule has 106 valence electrons. The second-order valence-corrected chi connectivity index (χ2v) is 6.33. The van der Waals surface area contributed by atoms with Crippen LogP contribution in [0.1, 0.15) is 40.0 Å². The minimum atomic E-state index is 0.751. The van der Waals surface area contributed by atoms with Gasteiger partial charge in [-0.15, -0.1) is 0 Å². The third-order valence-corrected chi connectivity index (χ3v) is 4.66. The van der Waals surface area contributed by atoms with E-state index in [0.717, 1.165) is 18.0 Å². The first kappa shape index (κ1) is 14.3. The summed E-state index contributed by atoms with van der Waals surface area (Å²) in [5.41, 5.74) is 0. The zero-order valence-electron chi connectivity index (χ0n) is 12.5. The van der Waals surface area contributed by atoms with E-state index in [4.69, 9.17) is 0 Å². The molecule has 18 heavy (non-hydrogen) atoms. The fourth-order valence-corrected chi connectivity index (χ4v) is 3.60. The lowest BCUT2D eigenvalue weighted by molar-refractivity contribution is 0.0393. The van der Waals surface area contributed by atoms with Crippen molar-refractivity contribution in [1.29, 1.82) is 0 Å². The largest absolute Gasteiger partial charge is 0.314 e. The molecule has 1 atom stereocenters. The van der Waals surface area contributed by atoms with Crippen molar-refractivity contribution in [3.8, 4) is 0 Å². The average molecular weight is 253 g/mol. The Labute approximate surface area is 113 Å². The van der Waals surface area contributed by atoms with Gasteiger partial charge in [0.1, 0.15) is 0 Å². The summed E-state index contributed by atoms with van der Waals surface area (Å²) in [6.07, 6.45) is 4.05. The van der Waals surface area contributed by atoms with Crippen LogP contribution in [0.2, 0.25) is 0 Å². The zero-order chi connectivity index (χ0) is 13.0. The quantitative estimate of drug-likeness (QED) is 0.824. The highest BCUT2D eigenvalue weighted by Crippen LogP contribution is 2.23. The molecular formula is C15H31N3. The molecule has 0 aromatic rings. The molecule has 3 nitrogen and oxygen atoms in total. The SMILES string of the molecule is CCCN1CCC(N2CCNCC2C(C)C)CC1. The molecular weight excluding hydrogens is 222 g/mol. The Morgan fingerprint density at radius 1 is 1.17 bits per heavy atom. The van der Waals surface area contributed by atoms with Crippen LogP contribution in [0, 0.1) is 5.92 Å². The van der Waals surface area contributed by atoms with Gasteiger partial charge in [0.15, 0.2) is 0 Å². The predicted molar refractivity (Wildman–Crippen MR) is 78.0 cm³/mol. The maximum atomic E-state index is 3.56. The third kappa shape index (κ3) is 3.46. The van der Waals surface area contributed by atoms with Gasteiger partial charge in [0.25, 0.3) is 0 Å². The second-order valence-electron chi connectivity index (χ2n) is 6.33. The first-order valence-electron chi connectivity index (χ1n) is 7.91. The molecule has 0 saturated carbocycles. The minimum absolute atomic E-state index is 0.751. The van der Waals surface area contributed by atoms with Gasteiger partial charge in [-0.25, -0.2) is 0 Å². The van der Waals surface area contributed by atoms with Crippen LogP contribution in [-0.4, -0.2) is 61.2 Å². The van der Waals surface area contributed by atoms with E-state index in [-0.39, 0.29) is 0 Å². The summed E-state index contributed by atoms with van der Waals surface area (Å²) >= 11 is 0. The van der Waals surface area contributed by atoms with Gasteiger partial charge in [-0.3, -0.25) is 4.90 Å². The van der Waals surface area contributed by atoms with Gasteiger partial charge in [-0.2, -0.15) is 0 Å². The maximum absolute atomic E-state index is 3.56. The molecule has 2 fully saturated rings. The molecule has 0 aromatic heterocycles. The van der Waals surface area contributed by atoms with Crippen LogP contribution in [-0.2, 0) is 0 Å². The van der Waals surface area contributed by atoms with Gasteiger partial charge in [-0.05, 0) is 44.8 Å². The molecule has 2 rings (SSSR count). The lowest BCUT2D eigenvalue weighted by atomic mass is 9.94. The van der Waals surface area contributed by atoms with Crippen LogP contribution in [0.5, 0.6) is 0 Å². The van der Waals surface area contributed by atoms with Crippen LogP contribution in [0.4, 0.5) is 0 Å². The van der Waals surface area contributed by atoms with E-state index >= 15 is 0 Å². The van der Waals surface area contributed by atoms with Crippen LogP contribution in [0.25, 0.3) is 0 Å². The molecule has 2 aliphatic heterocycles. The van der Waals surface area contributed by atoms with Crippen molar-refractivity contribution in [1.82, 2.24) is 15.1 Å². The summed E-state index contributed by atoms with van der Waals surface area (Å²) in [4.78, 5) is 5.45. The monoisotopic (exact) mass is 253 g/mol. The van der Waals surface area contributed by atoms with Crippen molar-refractivity contribution in [2.45, 2.75) is 52.1 Å². The van der Waals surface area contributed by atoms with Crippen molar-refractivity contribution in [2.75, 3.05) is 39.3 Å². The number of piperidine rings is 1. The van der Waals surface area contributed by atoms with Gasteiger partial charge < -0.3 is 10.2 Å². The maximum Gasteiger partial charge on any atom is 0.0247 e. The van der Waals surface area contributed by atoms with E-state index in [2.05, 4.69) is 35.9 Å². The number of nitrogens with zero attached hydrogens (tertiary/aromatic N) is 2. The lowest BCUT2D eigenvalue weighted by Gasteiger charge is -2.46. The highest BCUT2D eigenvalue weighted by Gasteiger charge is 2.32. The van der Waals surface area contributed by atoms with Crippen molar-refractivity contribution in [3.63, 3.8) is 0 Å². The number of piperazine rings is 1. The molecule has 1 N–H and O–H groups in total.